The Bertz CT molecular complexity index is 429. The minimum atomic E-state index is -0.210. The van der Waals surface area contributed by atoms with Crippen molar-refractivity contribution in [1.29, 1.82) is 0 Å². The summed E-state index contributed by atoms with van der Waals surface area (Å²) in [7, 11) is 1.81. The van der Waals surface area contributed by atoms with Crippen molar-refractivity contribution in [3.05, 3.63) is 0 Å². The van der Waals surface area contributed by atoms with Gasteiger partial charge in [-0.05, 0) is 25.7 Å². The zero-order valence-corrected chi connectivity index (χ0v) is 16.7. The molecule has 3 fully saturated rings. The van der Waals surface area contributed by atoms with Crippen LogP contribution in [-0.2, 0) is 14.3 Å². The van der Waals surface area contributed by atoms with E-state index >= 15 is 0 Å². The molecule has 0 aliphatic carbocycles. The highest BCUT2D eigenvalue weighted by Crippen LogP contribution is 2.16. The van der Waals surface area contributed by atoms with Gasteiger partial charge in [0.05, 0.1) is 6.10 Å². The van der Waals surface area contributed by atoms with E-state index in [1.54, 1.807) is 0 Å². The van der Waals surface area contributed by atoms with Crippen molar-refractivity contribution in [3.63, 3.8) is 0 Å². The molecule has 8 heteroatoms. The maximum atomic E-state index is 12.4. The van der Waals surface area contributed by atoms with Crippen molar-refractivity contribution in [2.24, 2.45) is 4.99 Å². The van der Waals surface area contributed by atoms with Gasteiger partial charge in [0.2, 0.25) is 0 Å². The number of rotatable bonds is 3. The maximum absolute atomic E-state index is 12.4. The van der Waals surface area contributed by atoms with E-state index in [4.69, 9.17) is 9.47 Å². The number of carbonyl (C=O) groups is 1. The molecular formula is C16H29IN4O3. The highest BCUT2D eigenvalue weighted by molar-refractivity contribution is 14.0. The summed E-state index contributed by atoms with van der Waals surface area (Å²) >= 11 is 0. The van der Waals surface area contributed by atoms with Crippen LogP contribution in [0.1, 0.15) is 25.7 Å². The van der Waals surface area contributed by atoms with Crippen LogP contribution in [0.15, 0.2) is 4.99 Å². The smallest absolute Gasteiger partial charge is 0.251 e. The summed E-state index contributed by atoms with van der Waals surface area (Å²) in [6, 6.07) is 0. The molecule has 1 N–H and O–H groups in total. The highest BCUT2D eigenvalue weighted by Gasteiger charge is 2.31. The van der Waals surface area contributed by atoms with E-state index in [1.165, 1.54) is 0 Å². The average Bonchev–Trinajstić information content (AvgIpc) is 3.29. The van der Waals surface area contributed by atoms with E-state index < -0.39 is 0 Å². The van der Waals surface area contributed by atoms with Gasteiger partial charge in [0.25, 0.3) is 5.91 Å². The summed E-state index contributed by atoms with van der Waals surface area (Å²) in [5, 5.41) is 3.40. The number of nitrogens with one attached hydrogen (secondary N) is 1. The SMILES string of the molecule is CN=C(NCC1CCCO1)N1CCN(C(=O)C2CCCO2)CC1.I. The van der Waals surface area contributed by atoms with Crippen molar-refractivity contribution in [2.75, 3.05) is 53.0 Å². The summed E-state index contributed by atoms with van der Waals surface area (Å²) < 4.78 is 11.1. The van der Waals surface area contributed by atoms with Gasteiger partial charge in [-0.25, -0.2) is 0 Å². The summed E-state index contributed by atoms with van der Waals surface area (Å²) in [5.74, 6) is 1.06. The lowest BCUT2D eigenvalue weighted by Crippen LogP contribution is -2.55. The van der Waals surface area contributed by atoms with Gasteiger partial charge in [-0.2, -0.15) is 0 Å². The number of carbonyl (C=O) groups excluding carboxylic acids is 1. The minimum Gasteiger partial charge on any atom is -0.376 e. The number of ether oxygens (including phenoxy) is 2. The number of halogens is 1. The molecule has 0 saturated carbocycles. The fourth-order valence-corrected chi connectivity index (χ4v) is 3.46. The van der Waals surface area contributed by atoms with Crippen LogP contribution in [0, 0.1) is 0 Å². The fourth-order valence-electron chi connectivity index (χ4n) is 3.46. The van der Waals surface area contributed by atoms with E-state index in [-0.39, 0.29) is 36.0 Å². The molecule has 3 saturated heterocycles. The number of hydrogen-bond acceptors (Lipinski definition) is 4. The molecule has 0 radical (unpaired) electrons. The predicted octanol–water partition coefficient (Wildman–Crippen LogP) is 0.682. The number of guanidine groups is 1. The second-order valence-corrected chi connectivity index (χ2v) is 6.38. The topological polar surface area (TPSA) is 66.4 Å². The number of hydrogen-bond donors (Lipinski definition) is 1. The zero-order valence-electron chi connectivity index (χ0n) is 14.4. The molecule has 0 aromatic rings. The Morgan fingerprint density at radius 3 is 2.33 bits per heavy atom. The number of amides is 1. The molecule has 2 atom stereocenters. The van der Waals surface area contributed by atoms with Crippen LogP contribution >= 0.6 is 24.0 Å². The molecule has 0 spiro atoms. The molecule has 7 nitrogen and oxygen atoms in total. The number of nitrogens with zero attached hydrogens (tertiary/aromatic N) is 3. The van der Waals surface area contributed by atoms with E-state index in [2.05, 4.69) is 15.2 Å². The lowest BCUT2D eigenvalue weighted by molar-refractivity contribution is -0.142. The average molecular weight is 452 g/mol. The Hall–Kier alpha value is -0.610. The first-order valence-electron chi connectivity index (χ1n) is 8.75. The van der Waals surface area contributed by atoms with Crippen LogP contribution in [0.5, 0.6) is 0 Å². The summed E-state index contributed by atoms with van der Waals surface area (Å²) in [4.78, 5) is 20.9. The van der Waals surface area contributed by atoms with Crippen molar-refractivity contribution in [2.45, 2.75) is 37.9 Å². The second kappa shape index (κ2) is 9.76. The number of aliphatic imine (C=N–C) groups is 1. The van der Waals surface area contributed by atoms with E-state index in [0.717, 1.165) is 77.6 Å². The van der Waals surface area contributed by atoms with Crippen LogP contribution in [0.3, 0.4) is 0 Å². The minimum absolute atomic E-state index is 0. The Morgan fingerprint density at radius 1 is 1.08 bits per heavy atom. The Labute approximate surface area is 161 Å². The molecule has 0 bridgehead atoms. The normalized spacial score (nSPS) is 28.0. The second-order valence-electron chi connectivity index (χ2n) is 6.38. The third-order valence-corrected chi connectivity index (χ3v) is 4.82. The summed E-state index contributed by atoms with van der Waals surface area (Å²) in [6.07, 6.45) is 4.22. The van der Waals surface area contributed by atoms with Gasteiger partial charge in [-0.1, -0.05) is 0 Å². The van der Waals surface area contributed by atoms with Crippen molar-refractivity contribution in [3.8, 4) is 0 Å². The molecular weight excluding hydrogens is 423 g/mol. The lowest BCUT2D eigenvalue weighted by atomic mass is 10.2. The molecule has 24 heavy (non-hydrogen) atoms. The monoisotopic (exact) mass is 452 g/mol. The molecule has 0 aromatic carbocycles. The zero-order chi connectivity index (χ0) is 16.1. The van der Waals surface area contributed by atoms with Crippen LogP contribution < -0.4 is 5.32 Å². The molecule has 3 heterocycles. The molecule has 3 rings (SSSR count). The maximum Gasteiger partial charge on any atom is 0.251 e. The van der Waals surface area contributed by atoms with Crippen molar-refractivity contribution >= 4 is 35.8 Å². The van der Waals surface area contributed by atoms with Gasteiger partial charge in [-0.3, -0.25) is 9.79 Å². The molecule has 1 amide bonds. The van der Waals surface area contributed by atoms with Gasteiger partial charge < -0.3 is 24.6 Å². The van der Waals surface area contributed by atoms with Crippen LogP contribution in [0.25, 0.3) is 0 Å². The fraction of sp³-hybridized carbons (Fsp3) is 0.875. The Morgan fingerprint density at radius 2 is 1.75 bits per heavy atom. The standard InChI is InChI=1S/C16H28N4O3.HI/c1-17-16(18-12-13-4-2-10-22-13)20-8-6-19(7-9-20)15(21)14-5-3-11-23-14;/h13-14H,2-12H2,1H3,(H,17,18);1H. The van der Waals surface area contributed by atoms with E-state index in [0.29, 0.717) is 6.10 Å². The lowest BCUT2D eigenvalue weighted by Gasteiger charge is -2.37. The Kier molecular flexibility index (Phi) is 8.02. The van der Waals surface area contributed by atoms with Crippen molar-refractivity contribution < 1.29 is 14.3 Å². The van der Waals surface area contributed by atoms with Gasteiger partial charge in [-0.15, -0.1) is 24.0 Å². The molecule has 138 valence electrons. The first-order valence-corrected chi connectivity index (χ1v) is 8.75. The van der Waals surface area contributed by atoms with Gasteiger partial charge in [0, 0.05) is 53.0 Å². The molecule has 3 aliphatic rings. The Balaban J connectivity index is 0.00000208. The van der Waals surface area contributed by atoms with Crippen LogP contribution in [0.2, 0.25) is 0 Å². The summed E-state index contributed by atoms with van der Waals surface area (Å²) in [5.41, 5.74) is 0. The van der Waals surface area contributed by atoms with Crippen molar-refractivity contribution in [1.82, 2.24) is 15.1 Å². The molecule has 0 aromatic heterocycles. The third-order valence-electron chi connectivity index (χ3n) is 4.82. The van der Waals surface area contributed by atoms with Crippen LogP contribution in [-0.4, -0.2) is 86.9 Å². The first-order chi connectivity index (χ1) is 11.3. The largest absolute Gasteiger partial charge is 0.376 e. The van der Waals surface area contributed by atoms with Gasteiger partial charge in [0.1, 0.15) is 6.10 Å². The van der Waals surface area contributed by atoms with Gasteiger partial charge >= 0.3 is 0 Å². The molecule has 2 unspecified atom stereocenters. The van der Waals surface area contributed by atoms with Crippen LogP contribution in [0.4, 0.5) is 0 Å². The highest BCUT2D eigenvalue weighted by atomic mass is 127. The summed E-state index contributed by atoms with van der Waals surface area (Å²) in [6.45, 7) is 5.48. The quantitative estimate of drug-likeness (QED) is 0.388. The first kappa shape index (κ1) is 19.7. The van der Waals surface area contributed by atoms with Gasteiger partial charge in [0.15, 0.2) is 5.96 Å². The predicted molar refractivity (Wildman–Crippen MR) is 103 cm³/mol. The van der Waals surface area contributed by atoms with E-state index in [9.17, 15) is 4.79 Å². The van der Waals surface area contributed by atoms with E-state index in [1.807, 2.05) is 11.9 Å². The third kappa shape index (κ3) is 4.95. The number of piperazine rings is 1. The molecule has 3 aliphatic heterocycles.